The molecule has 6 heteroatoms. The van der Waals surface area contributed by atoms with Crippen LogP contribution in [0.4, 0.5) is 4.79 Å². The third-order valence-electron chi connectivity index (χ3n) is 4.89. The zero-order valence-corrected chi connectivity index (χ0v) is 12.2. The van der Waals surface area contributed by atoms with Gasteiger partial charge < -0.3 is 21.7 Å². The molecule has 0 bridgehead atoms. The van der Waals surface area contributed by atoms with Gasteiger partial charge >= 0.3 is 6.03 Å². The van der Waals surface area contributed by atoms with Crippen LogP contribution >= 0.6 is 0 Å². The van der Waals surface area contributed by atoms with E-state index in [4.69, 9.17) is 11.5 Å². The van der Waals surface area contributed by atoms with E-state index in [0.29, 0.717) is 19.0 Å². The van der Waals surface area contributed by atoms with Gasteiger partial charge in [-0.1, -0.05) is 6.42 Å². The zero-order chi connectivity index (χ0) is 14.8. The van der Waals surface area contributed by atoms with Gasteiger partial charge in [0, 0.05) is 25.7 Å². The van der Waals surface area contributed by atoms with Crippen molar-refractivity contribution in [1.82, 2.24) is 10.2 Å². The fraction of sp³-hybridized carbons (Fsp3) is 0.857. The number of hydrogen-bond acceptors (Lipinski definition) is 3. The number of hydrogen-bond donors (Lipinski definition) is 3. The highest BCUT2D eigenvalue weighted by atomic mass is 16.2. The van der Waals surface area contributed by atoms with Gasteiger partial charge in [-0.2, -0.15) is 0 Å². The first-order chi connectivity index (χ1) is 9.43. The van der Waals surface area contributed by atoms with Crippen LogP contribution in [0, 0.1) is 11.3 Å². The van der Waals surface area contributed by atoms with Gasteiger partial charge in [-0.3, -0.25) is 4.79 Å². The summed E-state index contributed by atoms with van der Waals surface area (Å²) in [7, 11) is 0. The van der Waals surface area contributed by atoms with E-state index in [-0.39, 0.29) is 11.9 Å². The van der Waals surface area contributed by atoms with Crippen LogP contribution in [0.15, 0.2) is 0 Å². The molecule has 20 heavy (non-hydrogen) atoms. The first kappa shape index (κ1) is 15.1. The highest BCUT2D eigenvalue weighted by Gasteiger charge is 2.45. The Bertz CT molecular complexity index is 387. The highest BCUT2D eigenvalue weighted by Crippen LogP contribution is 2.39. The third kappa shape index (κ3) is 3.06. The maximum atomic E-state index is 12.8. The summed E-state index contributed by atoms with van der Waals surface area (Å²) in [6.45, 7) is 4.04. The van der Waals surface area contributed by atoms with E-state index in [0.717, 1.165) is 38.6 Å². The Labute approximate surface area is 120 Å². The lowest BCUT2D eigenvalue weighted by molar-refractivity contribution is -0.143. The number of primary amides is 1. The molecule has 1 aliphatic carbocycles. The van der Waals surface area contributed by atoms with Crippen LogP contribution in [0.25, 0.3) is 0 Å². The van der Waals surface area contributed by atoms with Gasteiger partial charge in [-0.25, -0.2) is 4.79 Å². The SMILES string of the molecule is CC1(C(=O)N2CCCC(CNC(N)=O)C2)CCCC1N. The van der Waals surface area contributed by atoms with Gasteiger partial charge in [0.2, 0.25) is 5.91 Å². The number of carbonyl (C=O) groups is 2. The molecule has 0 aromatic carbocycles. The summed E-state index contributed by atoms with van der Waals surface area (Å²) in [6.07, 6.45) is 4.84. The zero-order valence-electron chi connectivity index (χ0n) is 12.2. The molecule has 0 spiro atoms. The Morgan fingerprint density at radius 1 is 1.35 bits per heavy atom. The molecule has 6 nitrogen and oxygen atoms in total. The van der Waals surface area contributed by atoms with E-state index in [1.807, 2.05) is 11.8 Å². The summed E-state index contributed by atoms with van der Waals surface area (Å²) >= 11 is 0. The number of rotatable bonds is 3. The van der Waals surface area contributed by atoms with Crippen molar-refractivity contribution in [2.24, 2.45) is 22.8 Å². The third-order valence-corrected chi connectivity index (χ3v) is 4.89. The summed E-state index contributed by atoms with van der Waals surface area (Å²) < 4.78 is 0. The summed E-state index contributed by atoms with van der Waals surface area (Å²) in [6, 6.07) is -0.530. The lowest BCUT2D eigenvalue weighted by atomic mass is 9.82. The standard InChI is InChI=1S/C14H26N4O2/c1-14(6-2-5-11(14)15)12(19)18-7-3-4-10(9-18)8-17-13(16)20/h10-11H,2-9,15H2,1H3,(H3,16,17,20). The predicted octanol–water partition coefficient (Wildman–Crippen LogP) is 0.411. The van der Waals surface area contributed by atoms with Crippen LogP contribution in [-0.4, -0.2) is 42.5 Å². The van der Waals surface area contributed by atoms with E-state index in [9.17, 15) is 9.59 Å². The molecule has 1 saturated heterocycles. The summed E-state index contributed by atoms with van der Waals surface area (Å²) in [4.78, 5) is 25.5. The minimum absolute atomic E-state index is 0.0286. The Morgan fingerprint density at radius 3 is 2.70 bits per heavy atom. The van der Waals surface area contributed by atoms with Crippen LogP contribution in [-0.2, 0) is 4.79 Å². The molecule has 114 valence electrons. The Balaban J connectivity index is 1.94. The predicted molar refractivity (Wildman–Crippen MR) is 76.8 cm³/mol. The molecule has 3 amide bonds. The molecule has 2 fully saturated rings. The van der Waals surface area contributed by atoms with Crippen molar-refractivity contribution in [2.45, 2.75) is 45.1 Å². The number of likely N-dealkylation sites (tertiary alicyclic amines) is 1. The minimum Gasteiger partial charge on any atom is -0.352 e. The maximum Gasteiger partial charge on any atom is 0.312 e. The van der Waals surface area contributed by atoms with Crippen LogP contribution in [0.5, 0.6) is 0 Å². The molecule has 2 rings (SSSR count). The van der Waals surface area contributed by atoms with Gasteiger partial charge in [-0.05, 0) is 38.5 Å². The number of carbonyl (C=O) groups excluding carboxylic acids is 2. The van der Waals surface area contributed by atoms with Crippen LogP contribution in [0.1, 0.15) is 39.0 Å². The second kappa shape index (κ2) is 5.99. The van der Waals surface area contributed by atoms with E-state index < -0.39 is 11.4 Å². The van der Waals surface area contributed by atoms with Crippen LogP contribution < -0.4 is 16.8 Å². The molecule has 1 heterocycles. The van der Waals surface area contributed by atoms with E-state index in [1.54, 1.807) is 0 Å². The Hall–Kier alpha value is -1.30. The molecule has 3 unspecified atom stereocenters. The van der Waals surface area contributed by atoms with Crippen LogP contribution in [0.3, 0.4) is 0 Å². The monoisotopic (exact) mass is 282 g/mol. The quantitative estimate of drug-likeness (QED) is 0.698. The highest BCUT2D eigenvalue weighted by molar-refractivity contribution is 5.83. The molecule has 0 radical (unpaired) electrons. The average Bonchev–Trinajstić information content (AvgIpc) is 2.77. The maximum absolute atomic E-state index is 12.8. The smallest absolute Gasteiger partial charge is 0.312 e. The number of amides is 3. The topological polar surface area (TPSA) is 101 Å². The molecular weight excluding hydrogens is 256 g/mol. The van der Waals surface area contributed by atoms with Gasteiger partial charge in [-0.15, -0.1) is 0 Å². The van der Waals surface area contributed by atoms with Crippen molar-refractivity contribution >= 4 is 11.9 Å². The molecular formula is C14H26N4O2. The van der Waals surface area contributed by atoms with Crippen molar-refractivity contribution in [1.29, 1.82) is 0 Å². The fourth-order valence-corrected chi connectivity index (χ4v) is 3.48. The average molecular weight is 282 g/mol. The van der Waals surface area contributed by atoms with E-state index >= 15 is 0 Å². The van der Waals surface area contributed by atoms with Crippen molar-refractivity contribution in [3.05, 3.63) is 0 Å². The van der Waals surface area contributed by atoms with Crippen molar-refractivity contribution < 1.29 is 9.59 Å². The lowest BCUT2D eigenvalue weighted by Gasteiger charge is -2.39. The number of piperidine rings is 1. The Kier molecular flexibility index (Phi) is 4.52. The molecule has 1 saturated carbocycles. The van der Waals surface area contributed by atoms with Gasteiger partial charge in [0.25, 0.3) is 0 Å². The van der Waals surface area contributed by atoms with Gasteiger partial charge in [0.05, 0.1) is 5.41 Å². The lowest BCUT2D eigenvalue weighted by Crippen LogP contribution is -2.53. The summed E-state index contributed by atoms with van der Waals surface area (Å²) in [5, 5.41) is 2.64. The molecule has 1 aliphatic heterocycles. The molecule has 0 aromatic rings. The molecule has 3 atom stereocenters. The second-order valence-electron chi connectivity index (χ2n) is 6.42. The number of urea groups is 1. The number of nitrogens with zero attached hydrogens (tertiary/aromatic N) is 1. The first-order valence-corrected chi connectivity index (χ1v) is 7.52. The van der Waals surface area contributed by atoms with Crippen molar-refractivity contribution in [3.63, 3.8) is 0 Å². The van der Waals surface area contributed by atoms with Crippen LogP contribution in [0.2, 0.25) is 0 Å². The normalized spacial score (nSPS) is 34.0. The first-order valence-electron chi connectivity index (χ1n) is 7.52. The second-order valence-corrected chi connectivity index (χ2v) is 6.42. The summed E-state index contributed by atoms with van der Waals surface area (Å²) in [5.74, 6) is 0.479. The van der Waals surface area contributed by atoms with E-state index in [1.165, 1.54) is 0 Å². The summed E-state index contributed by atoms with van der Waals surface area (Å²) in [5.41, 5.74) is 10.8. The number of nitrogens with one attached hydrogen (secondary N) is 1. The molecule has 2 aliphatic rings. The number of nitrogens with two attached hydrogens (primary N) is 2. The molecule has 0 aromatic heterocycles. The van der Waals surface area contributed by atoms with Crippen molar-refractivity contribution in [2.75, 3.05) is 19.6 Å². The Morgan fingerprint density at radius 2 is 2.10 bits per heavy atom. The minimum atomic E-state index is -0.502. The van der Waals surface area contributed by atoms with Gasteiger partial charge in [0.15, 0.2) is 0 Å². The van der Waals surface area contributed by atoms with Crippen molar-refractivity contribution in [3.8, 4) is 0 Å². The van der Waals surface area contributed by atoms with Gasteiger partial charge in [0.1, 0.15) is 0 Å². The molecule has 5 N–H and O–H groups in total. The largest absolute Gasteiger partial charge is 0.352 e. The van der Waals surface area contributed by atoms with E-state index in [2.05, 4.69) is 5.32 Å². The fourth-order valence-electron chi connectivity index (χ4n) is 3.48.